The molecule has 2 aromatic heterocycles. The van der Waals surface area contributed by atoms with Gasteiger partial charge in [0, 0.05) is 48.8 Å². The van der Waals surface area contributed by atoms with Crippen molar-refractivity contribution >= 4 is 19.7 Å². The molecule has 8 heteroatoms. The molecule has 92 valence electrons. The van der Waals surface area contributed by atoms with Gasteiger partial charge in [0.1, 0.15) is 0 Å². The molecule has 2 heterocycles. The third-order valence-corrected chi connectivity index (χ3v) is 3.59. The lowest BCUT2D eigenvalue weighted by molar-refractivity contribution is 0.606. The van der Waals surface area contributed by atoms with E-state index in [9.17, 15) is 8.42 Å². The average Bonchev–Trinajstić information content (AvgIpc) is 2.82. The van der Waals surface area contributed by atoms with Crippen molar-refractivity contribution in [2.45, 2.75) is 18.0 Å². The van der Waals surface area contributed by atoms with Crippen molar-refractivity contribution in [1.82, 2.24) is 19.3 Å². The van der Waals surface area contributed by atoms with Gasteiger partial charge in [-0.2, -0.15) is 5.10 Å². The van der Waals surface area contributed by atoms with E-state index >= 15 is 0 Å². The highest BCUT2D eigenvalue weighted by Crippen LogP contribution is 2.11. The van der Waals surface area contributed by atoms with E-state index in [1.807, 2.05) is 13.1 Å². The number of aromatic nitrogens is 4. The van der Waals surface area contributed by atoms with E-state index in [0.717, 1.165) is 12.1 Å². The predicted molar refractivity (Wildman–Crippen MR) is 62.2 cm³/mol. The van der Waals surface area contributed by atoms with Crippen LogP contribution in [0.3, 0.4) is 0 Å². The number of aryl methyl sites for hydroxylation is 3. The summed E-state index contributed by atoms with van der Waals surface area (Å²) < 4.78 is 25.5. The molecular weight excluding hydrogens is 264 g/mol. The Kier molecular flexibility index (Phi) is 3.21. The van der Waals surface area contributed by atoms with Crippen molar-refractivity contribution in [3.8, 4) is 0 Å². The summed E-state index contributed by atoms with van der Waals surface area (Å²) >= 11 is 0. The van der Waals surface area contributed by atoms with Crippen LogP contribution >= 0.6 is 10.7 Å². The second-order valence-corrected chi connectivity index (χ2v) is 6.10. The molecule has 0 saturated heterocycles. The van der Waals surface area contributed by atoms with Crippen LogP contribution in [0.4, 0.5) is 0 Å². The first-order chi connectivity index (χ1) is 7.97. The third-order valence-electron chi connectivity index (χ3n) is 2.41. The summed E-state index contributed by atoms with van der Waals surface area (Å²) in [4.78, 5) is 3.73. The highest BCUT2D eigenvalue weighted by Gasteiger charge is 2.13. The van der Waals surface area contributed by atoms with Gasteiger partial charge in [0.05, 0.1) is 6.33 Å². The van der Waals surface area contributed by atoms with E-state index in [1.54, 1.807) is 15.4 Å². The molecule has 0 radical (unpaired) electrons. The topological polar surface area (TPSA) is 69.8 Å². The average molecular weight is 275 g/mol. The quantitative estimate of drug-likeness (QED) is 0.773. The summed E-state index contributed by atoms with van der Waals surface area (Å²) in [6.07, 6.45) is 5.33. The lowest BCUT2D eigenvalue weighted by Gasteiger charge is -2.02. The van der Waals surface area contributed by atoms with Crippen LogP contribution in [0.1, 0.15) is 5.69 Å². The largest absolute Gasteiger partial charge is 0.336 e. The van der Waals surface area contributed by atoms with Gasteiger partial charge >= 0.3 is 0 Å². The Balaban J connectivity index is 2.06. The summed E-state index contributed by atoms with van der Waals surface area (Å²) in [5.74, 6) is 0. The Morgan fingerprint density at radius 3 is 2.76 bits per heavy atom. The minimum Gasteiger partial charge on any atom is -0.336 e. The van der Waals surface area contributed by atoms with Gasteiger partial charge in [-0.25, -0.2) is 13.4 Å². The summed E-state index contributed by atoms with van der Waals surface area (Å²) in [6.45, 7) is 0.624. The number of hydrogen-bond acceptors (Lipinski definition) is 4. The maximum Gasteiger partial charge on any atom is 0.280 e. The van der Waals surface area contributed by atoms with Crippen molar-refractivity contribution in [2.75, 3.05) is 0 Å². The molecule has 0 aromatic carbocycles. The van der Waals surface area contributed by atoms with Gasteiger partial charge in [-0.15, -0.1) is 0 Å². The summed E-state index contributed by atoms with van der Waals surface area (Å²) in [7, 11) is 3.30. The van der Waals surface area contributed by atoms with Crippen molar-refractivity contribution in [3.63, 3.8) is 0 Å². The number of imidazole rings is 1. The van der Waals surface area contributed by atoms with Gasteiger partial charge in [-0.05, 0) is 6.07 Å². The zero-order valence-electron chi connectivity index (χ0n) is 9.12. The maximum atomic E-state index is 11.0. The van der Waals surface area contributed by atoms with E-state index in [-0.39, 0.29) is 5.03 Å². The second-order valence-electron chi connectivity index (χ2n) is 3.58. The smallest absolute Gasteiger partial charge is 0.280 e. The zero-order chi connectivity index (χ0) is 12.5. The van der Waals surface area contributed by atoms with Gasteiger partial charge in [-0.3, -0.25) is 4.68 Å². The van der Waals surface area contributed by atoms with E-state index in [4.69, 9.17) is 10.7 Å². The van der Waals surface area contributed by atoms with Crippen LogP contribution in [0.25, 0.3) is 0 Å². The molecule has 0 aliphatic heterocycles. The molecule has 0 bridgehead atoms. The Morgan fingerprint density at radius 2 is 2.24 bits per heavy atom. The molecule has 0 atom stereocenters. The molecule has 0 aliphatic rings. The van der Waals surface area contributed by atoms with E-state index < -0.39 is 9.05 Å². The molecule has 0 saturated carbocycles. The van der Waals surface area contributed by atoms with E-state index in [0.29, 0.717) is 6.54 Å². The first-order valence-corrected chi connectivity index (χ1v) is 7.21. The fraction of sp³-hybridized carbons (Fsp3) is 0.333. The van der Waals surface area contributed by atoms with Crippen molar-refractivity contribution in [1.29, 1.82) is 0 Å². The van der Waals surface area contributed by atoms with Crippen LogP contribution in [0.15, 0.2) is 29.8 Å². The highest BCUT2D eigenvalue weighted by atomic mass is 35.7. The predicted octanol–water partition coefficient (Wildman–Crippen LogP) is 0.787. The minimum absolute atomic E-state index is 0.121. The SMILES string of the molecule is Cn1nccc1CCn1cnc(S(=O)(=O)Cl)c1. The van der Waals surface area contributed by atoms with E-state index in [2.05, 4.69) is 10.1 Å². The van der Waals surface area contributed by atoms with Crippen LogP contribution < -0.4 is 0 Å². The summed E-state index contributed by atoms with van der Waals surface area (Å²) in [5, 5.41) is 3.93. The van der Waals surface area contributed by atoms with Crippen molar-refractivity contribution in [3.05, 3.63) is 30.5 Å². The van der Waals surface area contributed by atoms with Crippen molar-refractivity contribution < 1.29 is 8.42 Å². The first-order valence-electron chi connectivity index (χ1n) is 4.90. The molecule has 2 aromatic rings. The van der Waals surface area contributed by atoms with Crippen molar-refractivity contribution in [2.24, 2.45) is 7.05 Å². The normalized spacial score (nSPS) is 11.9. The lowest BCUT2D eigenvalue weighted by Crippen LogP contribution is -2.04. The van der Waals surface area contributed by atoms with Crippen LogP contribution in [-0.2, 0) is 29.1 Å². The Hall–Kier alpha value is -1.34. The van der Waals surface area contributed by atoms with E-state index in [1.165, 1.54) is 12.5 Å². The van der Waals surface area contributed by atoms with Gasteiger partial charge < -0.3 is 4.57 Å². The van der Waals surface area contributed by atoms with Crippen LogP contribution in [0, 0.1) is 0 Å². The first kappa shape index (κ1) is 12.1. The Morgan fingerprint density at radius 1 is 1.47 bits per heavy atom. The Labute approximate surface area is 103 Å². The highest BCUT2D eigenvalue weighted by molar-refractivity contribution is 8.13. The van der Waals surface area contributed by atoms with Gasteiger partial charge in [-0.1, -0.05) is 0 Å². The number of halogens is 1. The molecule has 2 rings (SSSR count). The van der Waals surface area contributed by atoms with Gasteiger partial charge in [0.25, 0.3) is 9.05 Å². The molecule has 17 heavy (non-hydrogen) atoms. The number of hydrogen-bond donors (Lipinski definition) is 0. The second kappa shape index (κ2) is 4.50. The molecule has 0 unspecified atom stereocenters. The van der Waals surface area contributed by atoms with Gasteiger partial charge in [0.15, 0.2) is 5.03 Å². The number of nitrogens with zero attached hydrogens (tertiary/aromatic N) is 4. The number of rotatable bonds is 4. The standard InChI is InChI=1S/C9H11ClN4O2S/c1-13-8(2-4-12-13)3-5-14-6-9(11-7-14)17(10,15)16/h2,4,6-7H,3,5H2,1H3. The Bertz CT molecular complexity index is 616. The summed E-state index contributed by atoms with van der Waals surface area (Å²) in [6, 6.07) is 1.91. The monoisotopic (exact) mass is 274 g/mol. The minimum atomic E-state index is -3.74. The van der Waals surface area contributed by atoms with Crippen LogP contribution in [0.5, 0.6) is 0 Å². The summed E-state index contributed by atoms with van der Waals surface area (Å²) in [5.41, 5.74) is 1.06. The van der Waals surface area contributed by atoms with Crippen LogP contribution in [-0.4, -0.2) is 27.7 Å². The fourth-order valence-electron chi connectivity index (χ4n) is 1.48. The fourth-order valence-corrected chi connectivity index (χ4v) is 2.15. The molecule has 6 nitrogen and oxygen atoms in total. The maximum absolute atomic E-state index is 11.0. The molecular formula is C9H11ClN4O2S. The molecule has 0 amide bonds. The molecule has 0 aliphatic carbocycles. The zero-order valence-corrected chi connectivity index (χ0v) is 10.7. The van der Waals surface area contributed by atoms with Gasteiger partial charge in [0.2, 0.25) is 0 Å². The lowest BCUT2D eigenvalue weighted by atomic mass is 10.3. The molecule has 0 N–H and O–H groups in total. The molecule has 0 fully saturated rings. The third kappa shape index (κ3) is 2.86. The van der Waals surface area contributed by atoms with Crippen LogP contribution in [0.2, 0.25) is 0 Å². The molecule has 0 spiro atoms.